The Morgan fingerprint density at radius 1 is 1.41 bits per heavy atom. The highest BCUT2D eigenvalue weighted by Gasteiger charge is 2.16. The molecule has 0 bridgehead atoms. The topological polar surface area (TPSA) is 58.7 Å². The fourth-order valence-electron chi connectivity index (χ4n) is 2.00. The summed E-state index contributed by atoms with van der Waals surface area (Å²) < 4.78 is 5.28. The zero-order valence-electron chi connectivity index (χ0n) is 10.2. The average Bonchev–Trinajstić information content (AvgIpc) is 2.34. The van der Waals surface area contributed by atoms with Crippen LogP contribution < -0.4 is 5.73 Å². The van der Waals surface area contributed by atoms with Crippen molar-refractivity contribution in [3.63, 3.8) is 0 Å². The van der Waals surface area contributed by atoms with Gasteiger partial charge in [0.15, 0.2) is 0 Å². The van der Waals surface area contributed by atoms with Crippen molar-refractivity contribution >= 4 is 5.69 Å². The Balaban J connectivity index is 1.98. The predicted octanol–water partition coefficient (Wildman–Crippen LogP) is 0.943. The minimum Gasteiger partial charge on any atom is -0.399 e. The highest BCUT2D eigenvalue weighted by atomic mass is 16.5. The van der Waals surface area contributed by atoms with Gasteiger partial charge in [-0.1, -0.05) is 12.1 Å². The molecule has 0 aliphatic carbocycles. The molecule has 1 aliphatic rings. The molecule has 0 saturated carbocycles. The van der Waals surface area contributed by atoms with Gasteiger partial charge in [-0.3, -0.25) is 4.90 Å². The molecule has 3 N–H and O–H groups in total. The molecule has 1 aromatic carbocycles. The van der Waals surface area contributed by atoms with E-state index in [0.29, 0.717) is 6.54 Å². The predicted molar refractivity (Wildman–Crippen MR) is 67.8 cm³/mol. The summed E-state index contributed by atoms with van der Waals surface area (Å²) in [7, 11) is 0. The van der Waals surface area contributed by atoms with E-state index in [9.17, 15) is 5.11 Å². The summed E-state index contributed by atoms with van der Waals surface area (Å²) in [6.45, 7) is 5.89. The number of aliphatic hydroxyl groups is 1. The number of rotatable bonds is 3. The van der Waals surface area contributed by atoms with Crippen LogP contribution in [0.4, 0.5) is 5.69 Å². The maximum absolute atomic E-state index is 10.2. The van der Waals surface area contributed by atoms with Crippen LogP contribution in [0.15, 0.2) is 18.2 Å². The maximum atomic E-state index is 10.2. The number of hydrogen-bond donors (Lipinski definition) is 2. The molecule has 2 rings (SSSR count). The normalized spacial score (nSPS) is 19.2. The summed E-state index contributed by atoms with van der Waals surface area (Å²) in [4.78, 5) is 2.21. The molecule has 1 heterocycles. The molecule has 0 radical (unpaired) electrons. The van der Waals surface area contributed by atoms with E-state index in [1.165, 1.54) is 0 Å². The molecule has 94 valence electrons. The molecule has 4 nitrogen and oxygen atoms in total. The van der Waals surface area contributed by atoms with E-state index in [1.54, 1.807) is 0 Å². The van der Waals surface area contributed by atoms with Gasteiger partial charge in [0.25, 0.3) is 0 Å². The number of nitrogens with two attached hydrogens (primary N) is 1. The van der Waals surface area contributed by atoms with Crippen molar-refractivity contribution in [3.8, 4) is 0 Å². The SMILES string of the molecule is Cc1ccc(C(O)CN2CCOCC2)cc1N. The number of nitrogen functional groups attached to an aromatic ring is 1. The number of aliphatic hydroxyl groups excluding tert-OH is 1. The molecular formula is C13H20N2O2. The van der Waals surface area contributed by atoms with E-state index in [4.69, 9.17) is 10.5 Å². The Morgan fingerprint density at radius 2 is 2.12 bits per heavy atom. The van der Waals surface area contributed by atoms with Gasteiger partial charge in [-0.05, 0) is 24.1 Å². The van der Waals surface area contributed by atoms with Crippen LogP contribution in [0, 0.1) is 6.92 Å². The van der Waals surface area contributed by atoms with Crippen molar-refractivity contribution < 1.29 is 9.84 Å². The van der Waals surface area contributed by atoms with Gasteiger partial charge < -0.3 is 15.6 Å². The van der Waals surface area contributed by atoms with Crippen LogP contribution in [-0.4, -0.2) is 42.9 Å². The molecule has 0 spiro atoms. The first kappa shape index (κ1) is 12.4. The van der Waals surface area contributed by atoms with E-state index in [2.05, 4.69) is 4.90 Å². The zero-order chi connectivity index (χ0) is 12.3. The van der Waals surface area contributed by atoms with Crippen LogP contribution in [0.5, 0.6) is 0 Å². The molecule has 1 unspecified atom stereocenters. The third kappa shape index (κ3) is 3.19. The maximum Gasteiger partial charge on any atom is 0.0917 e. The Hall–Kier alpha value is -1.10. The van der Waals surface area contributed by atoms with Crippen LogP contribution in [0.1, 0.15) is 17.2 Å². The number of hydrogen-bond acceptors (Lipinski definition) is 4. The van der Waals surface area contributed by atoms with Gasteiger partial charge in [0.2, 0.25) is 0 Å². The average molecular weight is 236 g/mol. The first-order chi connectivity index (χ1) is 8.16. The van der Waals surface area contributed by atoms with Crippen LogP contribution in [0.25, 0.3) is 0 Å². The highest BCUT2D eigenvalue weighted by molar-refractivity contribution is 5.48. The van der Waals surface area contributed by atoms with Gasteiger partial charge in [0, 0.05) is 25.3 Å². The highest BCUT2D eigenvalue weighted by Crippen LogP contribution is 2.20. The van der Waals surface area contributed by atoms with E-state index < -0.39 is 6.10 Å². The second-order valence-corrected chi connectivity index (χ2v) is 4.54. The molecule has 1 saturated heterocycles. The summed E-state index contributed by atoms with van der Waals surface area (Å²) in [5.41, 5.74) is 8.52. The fourth-order valence-corrected chi connectivity index (χ4v) is 2.00. The summed E-state index contributed by atoms with van der Waals surface area (Å²) in [5.74, 6) is 0. The smallest absolute Gasteiger partial charge is 0.0917 e. The minimum absolute atomic E-state index is 0.476. The Labute approximate surface area is 102 Å². The first-order valence-corrected chi connectivity index (χ1v) is 6.01. The number of morpholine rings is 1. The van der Waals surface area contributed by atoms with Crippen molar-refractivity contribution in [2.75, 3.05) is 38.6 Å². The van der Waals surface area contributed by atoms with Crippen molar-refractivity contribution in [1.29, 1.82) is 0 Å². The summed E-state index contributed by atoms with van der Waals surface area (Å²) in [6.07, 6.45) is -0.476. The van der Waals surface area contributed by atoms with Crippen molar-refractivity contribution in [2.45, 2.75) is 13.0 Å². The quantitative estimate of drug-likeness (QED) is 0.767. The largest absolute Gasteiger partial charge is 0.399 e. The van der Waals surface area contributed by atoms with E-state index in [1.807, 2.05) is 25.1 Å². The Morgan fingerprint density at radius 3 is 2.76 bits per heavy atom. The van der Waals surface area contributed by atoms with Crippen molar-refractivity contribution in [3.05, 3.63) is 29.3 Å². The van der Waals surface area contributed by atoms with Gasteiger partial charge in [0.05, 0.1) is 19.3 Å². The third-order valence-corrected chi connectivity index (χ3v) is 3.22. The second-order valence-electron chi connectivity index (χ2n) is 4.54. The molecule has 4 heteroatoms. The summed E-state index contributed by atoms with van der Waals surface area (Å²) in [6, 6.07) is 5.75. The number of ether oxygens (including phenoxy) is 1. The van der Waals surface area contributed by atoms with Crippen molar-refractivity contribution in [2.24, 2.45) is 0 Å². The number of benzene rings is 1. The van der Waals surface area contributed by atoms with Gasteiger partial charge >= 0.3 is 0 Å². The summed E-state index contributed by atoms with van der Waals surface area (Å²) >= 11 is 0. The monoisotopic (exact) mass is 236 g/mol. The van der Waals surface area contributed by atoms with Crippen LogP contribution >= 0.6 is 0 Å². The molecule has 0 aromatic heterocycles. The third-order valence-electron chi connectivity index (χ3n) is 3.22. The molecule has 0 amide bonds. The molecule has 17 heavy (non-hydrogen) atoms. The van der Waals surface area contributed by atoms with Gasteiger partial charge in [-0.25, -0.2) is 0 Å². The fraction of sp³-hybridized carbons (Fsp3) is 0.538. The molecule has 1 fully saturated rings. The number of β-amino-alcohol motifs (C(OH)–C–C–N with tert-alkyl or cyclic N) is 1. The number of aryl methyl sites for hydroxylation is 1. The van der Waals surface area contributed by atoms with Gasteiger partial charge in [-0.2, -0.15) is 0 Å². The van der Waals surface area contributed by atoms with Crippen LogP contribution in [-0.2, 0) is 4.74 Å². The zero-order valence-corrected chi connectivity index (χ0v) is 10.2. The minimum atomic E-state index is -0.476. The number of anilines is 1. The Bertz CT molecular complexity index is 376. The molecule has 1 aliphatic heterocycles. The summed E-state index contributed by atoms with van der Waals surface area (Å²) in [5, 5.41) is 10.2. The molecule has 1 aromatic rings. The number of nitrogens with zero attached hydrogens (tertiary/aromatic N) is 1. The Kier molecular flexibility index (Phi) is 3.99. The lowest BCUT2D eigenvalue weighted by Crippen LogP contribution is -2.38. The van der Waals surface area contributed by atoms with Crippen LogP contribution in [0.2, 0.25) is 0 Å². The molecule has 1 atom stereocenters. The molecular weight excluding hydrogens is 216 g/mol. The van der Waals surface area contributed by atoms with Crippen molar-refractivity contribution in [1.82, 2.24) is 4.90 Å². The second kappa shape index (κ2) is 5.49. The standard InChI is InChI=1S/C13H20N2O2/c1-10-2-3-11(8-12(10)14)13(16)9-15-4-6-17-7-5-15/h2-3,8,13,16H,4-7,9,14H2,1H3. The van der Waals surface area contributed by atoms with E-state index in [0.717, 1.165) is 43.1 Å². The van der Waals surface area contributed by atoms with Gasteiger partial charge in [0.1, 0.15) is 0 Å². The van der Waals surface area contributed by atoms with Gasteiger partial charge in [-0.15, -0.1) is 0 Å². The lowest BCUT2D eigenvalue weighted by atomic mass is 10.1. The van der Waals surface area contributed by atoms with Crippen LogP contribution in [0.3, 0.4) is 0 Å². The lowest BCUT2D eigenvalue weighted by molar-refractivity contribution is 0.0143. The van der Waals surface area contributed by atoms with E-state index in [-0.39, 0.29) is 0 Å². The lowest BCUT2D eigenvalue weighted by Gasteiger charge is -2.28. The first-order valence-electron chi connectivity index (χ1n) is 6.01. The van der Waals surface area contributed by atoms with E-state index >= 15 is 0 Å².